The standard InChI is InChI=1S/C17H21NO3S/c1-12-9-10-16(22-12)15(20-3)11-18-17(19)13(2)21-14-7-5-4-6-8-14/h4-10,13,15H,11H2,1-3H3,(H,18,19)/t13-,15-/m1/s1. The van der Waals surface area contributed by atoms with E-state index < -0.39 is 6.10 Å². The van der Waals surface area contributed by atoms with E-state index in [0.29, 0.717) is 12.3 Å². The largest absolute Gasteiger partial charge is 0.481 e. The zero-order valence-corrected chi connectivity index (χ0v) is 13.9. The minimum Gasteiger partial charge on any atom is -0.481 e. The Labute approximate surface area is 135 Å². The number of thiophene rings is 1. The number of hydrogen-bond donors (Lipinski definition) is 1. The average molecular weight is 319 g/mol. The van der Waals surface area contributed by atoms with Gasteiger partial charge in [0, 0.05) is 23.4 Å². The maximum atomic E-state index is 12.1. The van der Waals surface area contributed by atoms with Crippen molar-refractivity contribution in [2.24, 2.45) is 0 Å². The Morgan fingerprint density at radius 3 is 2.55 bits per heavy atom. The number of methoxy groups -OCH3 is 1. The van der Waals surface area contributed by atoms with Gasteiger partial charge in [-0.15, -0.1) is 11.3 Å². The molecule has 1 aromatic heterocycles. The van der Waals surface area contributed by atoms with Gasteiger partial charge in [-0.05, 0) is 38.1 Å². The third-order valence-corrected chi connectivity index (χ3v) is 4.34. The van der Waals surface area contributed by atoms with Crippen molar-refractivity contribution in [2.45, 2.75) is 26.1 Å². The van der Waals surface area contributed by atoms with E-state index in [1.54, 1.807) is 25.4 Å². The van der Waals surface area contributed by atoms with Gasteiger partial charge in [-0.2, -0.15) is 0 Å². The van der Waals surface area contributed by atoms with Crippen LogP contribution < -0.4 is 10.1 Å². The lowest BCUT2D eigenvalue weighted by molar-refractivity contribution is -0.127. The van der Waals surface area contributed by atoms with Crippen LogP contribution in [0.15, 0.2) is 42.5 Å². The summed E-state index contributed by atoms with van der Waals surface area (Å²) < 4.78 is 11.1. The van der Waals surface area contributed by atoms with Crippen LogP contribution in [0.4, 0.5) is 0 Å². The highest BCUT2D eigenvalue weighted by atomic mass is 32.1. The first kappa shape index (κ1) is 16.5. The van der Waals surface area contributed by atoms with Gasteiger partial charge in [-0.25, -0.2) is 0 Å². The zero-order chi connectivity index (χ0) is 15.9. The van der Waals surface area contributed by atoms with Gasteiger partial charge in [0.2, 0.25) is 0 Å². The number of nitrogens with one attached hydrogen (secondary N) is 1. The van der Waals surface area contributed by atoms with Crippen LogP contribution in [-0.2, 0) is 9.53 Å². The minimum absolute atomic E-state index is 0.133. The van der Waals surface area contributed by atoms with Crippen LogP contribution in [0.25, 0.3) is 0 Å². The molecular weight excluding hydrogens is 298 g/mol. The van der Waals surface area contributed by atoms with Crippen LogP contribution in [0.2, 0.25) is 0 Å². The number of aryl methyl sites for hydroxylation is 1. The lowest BCUT2D eigenvalue weighted by Gasteiger charge is -2.18. The smallest absolute Gasteiger partial charge is 0.260 e. The molecule has 1 aromatic carbocycles. The van der Waals surface area contributed by atoms with E-state index in [4.69, 9.17) is 9.47 Å². The van der Waals surface area contributed by atoms with Crippen LogP contribution in [-0.4, -0.2) is 25.7 Å². The van der Waals surface area contributed by atoms with Gasteiger partial charge < -0.3 is 14.8 Å². The van der Waals surface area contributed by atoms with Gasteiger partial charge in [-0.3, -0.25) is 4.79 Å². The zero-order valence-electron chi connectivity index (χ0n) is 13.0. The minimum atomic E-state index is -0.551. The molecule has 0 fully saturated rings. The molecule has 0 aliphatic carbocycles. The fraction of sp³-hybridized carbons (Fsp3) is 0.353. The Kier molecular flexibility index (Phi) is 5.98. The highest BCUT2D eigenvalue weighted by molar-refractivity contribution is 7.12. The molecule has 22 heavy (non-hydrogen) atoms. The van der Waals surface area contributed by atoms with E-state index in [-0.39, 0.29) is 12.0 Å². The summed E-state index contributed by atoms with van der Waals surface area (Å²) >= 11 is 1.68. The molecule has 1 heterocycles. The Morgan fingerprint density at radius 1 is 1.23 bits per heavy atom. The number of carbonyl (C=O) groups excluding carboxylic acids is 1. The number of para-hydroxylation sites is 1. The maximum absolute atomic E-state index is 12.1. The van der Waals surface area contributed by atoms with E-state index in [1.807, 2.05) is 36.4 Å². The molecule has 118 valence electrons. The molecule has 4 nitrogen and oxygen atoms in total. The summed E-state index contributed by atoms with van der Waals surface area (Å²) in [6, 6.07) is 13.4. The molecule has 0 unspecified atom stereocenters. The molecular formula is C17H21NO3S. The Balaban J connectivity index is 1.85. The first-order valence-corrected chi connectivity index (χ1v) is 8.00. The molecule has 0 saturated heterocycles. The number of amides is 1. The Bertz CT molecular complexity index is 597. The molecule has 0 spiro atoms. The summed E-state index contributed by atoms with van der Waals surface area (Å²) in [6.07, 6.45) is -0.684. The number of hydrogen-bond acceptors (Lipinski definition) is 4. The van der Waals surface area contributed by atoms with E-state index in [1.165, 1.54) is 4.88 Å². The number of rotatable bonds is 7. The average Bonchev–Trinajstić information content (AvgIpc) is 2.95. The third-order valence-electron chi connectivity index (χ3n) is 3.25. The van der Waals surface area contributed by atoms with Crippen LogP contribution in [0, 0.1) is 6.92 Å². The van der Waals surface area contributed by atoms with Crippen molar-refractivity contribution in [3.05, 3.63) is 52.2 Å². The Hall–Kier alpha value is -1.85. The summed E-state index contributed by atoms with van der Waals surface area (Å²) in [7, 11) is 1.65. The quantitative estimate of drug-likeness (QED) is 0.851. The summed E-state index contributed by atoms with van der Waals surface area (Å²) in [5.41, 5.74) is 0. The van der Waals surface area contributed by atoms with Crippen LogP contribution >= 0.6 is 11.3 Å². The van der Waals surface area contributed by atoms with Crippen LogP contribution in [0.5, 0.6) is 5.75 Å². The van der Waals surface area contributed by atoms with E-state index >= 15 is 0 Å². The molecule has 0 radical (unpaired) electrons. The van der Waals surface area contributed by atoms with Gasteiger partial charge in [0.15, 0.2) is 6.10 Å². The molecule has 1 amide bonds. The van der Waals surface area contributed by atoms with Gasteiger partial charge in [-0.1, -0.05) is 18.2 Å². The monoisotopic (exact) mass is 319 g/mol. The van der Waals surface area contributed by atoms with Crippen LogP contribution in [0.3, 0.4) is 0 Å². The number of ether oxygens (including phenoxy) is 2. The van der Waals surface area contributed by atoms with Gasteiger partial charge >= 0.3 is 0 Å². The number of carbonyl (C=O) groups is 1. The van der Waals surface area contributed by atoms with Crippen molar-refractivity contribution in [3.8, 4) is 5.75 Å². The normalized spacial score (nSPS) is 13.4. The predicted octanol–water partition coefficient (Wildman–Crippen LogP) is 3.33. The molecule has 0 aliphatic heterocycles. The van der Waals surface area contributed by atoms with Gasteiger partial charge in [0.1, 0.15) is 11.9 Å². The van der Waals surface area contributed by atoms with Gasteiger partial charge in [0.05, 0.1) is 0 Å². The van der Waals surface area contributed by atoms with E-state index in [2.05, 4.69) is 18.3 Å². The Morgan fingerprint density at radius 2 is 1.95 bits per heavy atom. The first-order valence-electron chi connectivity index (χ1n) is 7.18. The third kappa shape index (κ3) is 4.58. The SMILES string of the molecule is CO[C@H](CNC(=O)[C@@H](C)Oc1ccccc1)c1ccc(C)s1. The second kappa shape index (κ2) is 7.96. The summed E-state index contributed by atoms with van der Waals surface area (Å²) in [5, 5.41) is 2.88. The first-order chi connectivity index (χ1) is 10.6. The second-order valence-electron chi connectivity index (χ2n) is 4.99. The second-order valence-corrected chi connectivity index (χ2v) is 6.31. The molecule has 1 N–H and O–H groups in total. The van der Waals surface area contributed by atoms with Crippen molar-refractivity contribution in [3.63, 3.8) is 0 Å². The highest BCUT2D eigenvalue weighted by Gasteiger charge is 2.18. The molecule has 0 aliphatic rings. The van der Waals surface area contributed by atoms with Crippen molar-refractivity contribution in [2.75, 3.05) is 13.7 Å². The number of benzene rings is 1. The van der Waals surface area contributed by atoms with Crippen molar-refractivity contribution in [1.29, 1.82) is 0 Å². The molecule has 2 rings (SSSR count). The molecule has 0 saturated carbocycles. The maximum Gasteiger partial charge on any atom is 0.260 e. The molecule has 2 atom stereocenters. The van der Waals surface area contributed by atoms with Crippen molar-refractivity contribution < 1.29 is 14.3 Å². The summed E-state index contributed by atoms with van der Waals surface area (Å²) in [6.45, 7) is 4.21. The lowest BCUT2D eigenvalue weighted by Crippen LogP contribution is -2.38. The van der Waals surface area contributed by atoms with E-state index in [9.17, 15) is 4.79 Å². The highest BCUT2D eigenvalue weighted by Crippen LogP contribution is 2.24. The van der Waals surface area contributed by atoms with Gasteiger partial charge in [0.25, 0.3) is 5.91 Å². The topological polar surface area (TPSA) is 47.6 Å². The fourth-order valence-electron chi connectivity index (χ4n) is 2.02. The molecule has 5 heteroatoms. The molecule has 0 bridgehead atoms. The van der Waals surface area contributed by atoms with Crippen LogP contribution in [0.1, 0.15) is 22.8 Å². The predicted molar refractivity (Wildman–Crippen MR) is 88.3 cm³/mol. The van der Waals surface area contributed by atoms with Crippen molar-refractivity contribution in [1.82, 2.24) is 5.32 Å². The summed E-state index contributed by atoms with van der Waals surface area (Å²) in [4.78, 5) is 14.5. The fourth-order valence-corrected chi connectivity index (χ4v) is 2.98. The lowest BCUT2D eigenvalue weighted by atomic mass is 10.2. The van der Waals surface area contributed by atoms with E-state index in [0.717, 1.165) is 4.88 Å². The van der Waals surface area contributed by atoms with Crippen molar-refractivity contribution >= 4 is 17.2 Å². The molecule has 2 aromatic rings. The summed E-state index contributed by atoms with van der Waals surface area (Å²) in [5.74, 6) is 0.529.